The number of amides is 1. The van der Waals surface area contributed by atoms with Crippen LogP contribution in [0.15, 0.2) is 48.2 Å². The molecule has 112 valence electrons. The number of carbonyl (C=O) groups excluding carboxylic acids is 2. The topological polar surface area (TPSA) is 86.9 Å². The van der Waals surface area contributed by atoms with Gasteiger partial charge < -0.3 is 5.43 Å². The van der Waals surface area contributed by atoms with E-state index in [0.717, 1.165) is 24.1 Å². The fourth-order valence-corrected chi connectivity index (χ4v) is 2.29. The van der Waals surface area contributed by atoms with Crippen molar-refractivity contribution in [3.05, 3.63) is 53.9 Å². The van der Waals surface area contributed by atoms with Gasteiger partial charge in [0.05, 0.1) is 5.69 Å². The van der Waals surface area contributed by atoms with Gasteiger partial charge in [0.25, 0.3) is 5.91 Å². The third kappa shape index (κ3) is 3.22. The predicted molar refractivity (Wildman–Crippen MR) is 81.6 cm³/mol. The number of hydrazine groups is 1. The first kappa shape index (κ1) is 14.1. The van der Waals surface area contributed by atoms with Crippen molar-refractivity contribution < 1.29 is 9.59 Å². The lowest BCUT2D eigenvalue weighted by molar-refractivity contribution is -0.115. The molecule has 1 aliphatic carbocycles. The maximum Gasteiger partial charge on any atom is 0.287 e. The van der Waals surface area contributed by atoms with Gasteiger partial charge in [0.2, 0.25) is 0 Å². The van der Waals surface area contributed by atoms with Crippen LogP contribution in [0, 0.1) is 0 Å². The molecule has 0 unspecified atom stereocenters. The van der Waals surface area contributed by atoms with Crippen LogP contribution in [0.2, 0.25) is 0 Å². The normalized spacial score (nSPS) is 14.4. The average molecular weight is 296 g/mol. The summed E-state index contributed by atoms with van der Waals surface area (Å²) in [5, 5.41) is 6.84. The third-order valence-electron chi connectivity index (χ3n) is 3.43. The molecule has 3 rings (SSSR count). The van der Waals surface area contributed by atoms with Gasteiger partial charge in [-0.15, -0.1) is 0 Å². The molecule has 2 aromatic rings. The number of hydrogen-bond acceptors (Lipinski definition) is 4. The Morgan fingerprint density at radius 2 is 2.00 bits per heavy atom. The highest BCUT2D eigenvalue weighted by Gasteiger charge is 2.13. The van der Waals surface area contributed by atoms with Crippen molar-refractivity contribution in [2.45, 2.75) is 19.3 Å². The molecule has 0 atom stereocenters. The van der Waals surface area contributed by atoms with Gasteiger partial charge in [-0.25, -0.2) is 0 Å². The summed E-state index contributed by atoms with van der Waals surface area (Å²) in [6, 6.07) is 11.3. The molecule has 0 saturated carbocycles. The van der Waals surface area contributed by atoms with Gasteiger partial charge in [-0.3, -0.25) is 20.1 Å². The Morgan fingerprint density at radius 3 is 2.77 bits per heavy atom. The lowest BCUT2D eigenvalue weighted by Gasteiger charge is -2.14. The highest BCUT2D eigenvalue weighted by atomic mass is 16.2. The Kier molecular flexibility index (Phi) is 4.00. The number of carbonyl (C=O) groups is 2. The lowest BCUT2D eigenvalue weighted by Crippen LogP contribution is -2.37. The monoisotopic (exact) mass is 296 g/mol. The first-order valence-corrected chi connectivity index (χ1v) is 7.13. The number of H-pyrrole nitrogens is 1. The minimum atomic E-state index is -0.325. The van der Waals surface area contributed by atoms with Gasteiger partial charge in [-0.2, -0.15) is 5.10 Å². The summed E-state index contributed by atoms with van der Waals surface area (Å²) in [5.74, 6) is -0.246. The van der Waals surface area contributed by atoms with Gasteiger partial charge in [-0.05, 0) is 18.9 Å². The number of hydrogen-bond donors (Lipinski definition) is 3. The van der Waals surface area contributed by atoms with Crippen LogP contribution in [-0.4, -0.2) is 21.9 Å². The fraction of sp³-hybridized carbons (Fsp3) is 0.188. The summed E-state index contributed by atoms with van der Waals surface area (Å²) in [7, 11) is 0. The highest BCUT2D eigenvalue weighted by molar-refractivity contribution is 5.93. The molecule has 1 aromatic carbocycles. The van der Waals surface area contributed by atoms with E-state index in [0.29, 0.717) is 17.8 Å². The second-order valence-corrected chi connectivity index (χ2v) is 5.10. The minimum absolute atomic E-state index is 0.0795. The van der Waals surface area contributed by atoms with Crippen molar-refractivity contribution in [1.29, 1.82) is 0 Å². The van der Waals surface area contributed by atoms with Crippen LogP contribution >= 0.6 is 0 Å². The van der Waals surface area contributed by atoms with Crippen LogP contribution in [0.1, 0.15) is 29.8 Å². The van der Waals surface area contributed by atoms with E-state index >= 15 is 0 Å². The van der Waals surface area contributed by atoms with Crippen LogP contribution in [-0.2, 0) is 4.79 Å². The molecular weight excluding hydrogens is 280 g/mol. The molecule has 1 aliphatic rings. The van der Waals surface area contributed by atoms with E-state index in [1.54, 1.807) is 6.07 Å². The van der Waals surface area contributed by atoms with Gasteiger partial charge in [-0.1, -0.05) is 30.3 Å². The molecule has 0 radical (unpaired) electrons. The molecule has 0 aliphatic heterocycles. The molecule has 0 spiro atoms. The molecule has 6 nitrogen and oxygen atoms in total. The fourth-order valence-electron chi connectivity index (χ4n) is 2.29. The molecule has 0 saturated heterocycles. The maximum atomic E-state index is 12.1. The highest BCUT2D eigenvalue weighted by Crippen LogP contribution is 2.17. The Balaban J connectivity index is 1.64. The number of nitrogens with one attached hydrogen (secondary N) is 3. The molecule has 1 heterocycles. The number of aromatic amines is 1. The summed E-state index contributed by atoms with van der Waals surface area (Å²) in [5.41, 5.74) is 8.09. The Labute approximate surface area is 127 Å². The smallest absolute Gasteiger partial charge is 0.287 e. The Bertz CT molecular complexity index is 719. The SMILES string of the molecule is O=C1C=C(NNC(=O)c2cc(-c3ccccc3)n[nH]2)CCC1. The van der Waals surface area contributed by atoms with E-state index in [9.17, 15) is 9.59 Å². The molecule has 0 fully saturated rings. The van der Waals surface area contributed by atoms with Crippen LogP contribution in [0.4, 0.5) is 0 Å². The first-order chi connectivity index (χ1) is 10.7. The first-order valence-electron chi connectivity index (χ1n) is 7.13. The quantitative estimate of drug-likeness (QED) is 0.753. The Morgan fingerprint density at radius 1 is 1.18 bits per heavy atom. The zero-order valence-electron chi connectivity index (χ0n) is 11.9. The summed E-state index contributed by atoms with van der Waals surface area (Å²) in [6.07, 6.45) is 3.66. The average Bonchev–Trinajstić information content (AvgIpc) is 3.04. The maximum absolute atomic E-state index is 12.1. The number of ketones is 1. The summed E-state index contributed by atoms with van der Waals surface area (Å²) in [4.78, 5) is 23.4. The van der Waals surface area contributed by atoms with Crippen LogP contribution in [0.25, 0.3) is 11.3 Å². The van der Waals surface area contributed by atoms with Crippen LogP contribution < -0.4 is 10.9 Å². The molecule has 1 aromatic heterocycles. The molecule has 22 heavy (non-hydrogen) atoms. The summed E-state index contributed by atoms with van der Waals surface area (Å²) < 4.78 is 0. The van der Waals surface area contributed by atoms with Crippen molar-refractivity contribution in [2.75, 3.05) is 0 Å². The zero-order chi connectivity index (χ0) is 15.4. The molecule has 6 heteroatoms. The van der Waals surface area contributed by atoms with Gasteiger partial charge in [0, 0.05) is 23.8 Å². The Hall–Kier alpha value is -2.89. The zero-order valence-corrected chi connectivity index (χ0v) is 11.9. The van der Waals surface area contributed by atoms with Gasteiger partial charge >= 0.3 is 0 Å². The van der Waals surface area contributed by atoms with Crippen molar-refractivity contribution in [3.8, 4) is 11.3 Å². The second-order valence-electron chi connectivity index (χ2n) is 5.10. The summed E-state index contributed by atoms with van der Waals surface area (Å²) in [6.45, 7) is 0. The van der Waals surface area contributed by atoms with Crippen LogP contribution in [0.3, 0.4) is 0 Å². The van der Waals surface area contributed by atoms with Crippen molar-refractivity contribution in [3.63, 3.8) is 0 Å². The molecule has 0 bridgehead atoms. The van der Waals surface area contributed by atoms with Crippen molar-refractivity contribution in [1.82, 2.24) is 21.0 Å². The standard InChI is InChI=1S/C16H16N4O2/c21-13-8-4-7-12(9-13)17-20-16(22)15-10-14(18-19-15)11-5-2-1-3-6-11/h1-3,5-6,9-10,17H,4,7-8H2,(H,18,19)(H,20,22). The number of aromatic nitrogens is 2. The minimum Gasteiger partial charge on any atom is -0.302 e. The van der Waals surface area contributed by atoms with E-state index in [4.69, 9.17) is 0 Å². The molecular formula is C16H16N4O2. The predicted octanol–water partition coefficient (Wildman–Crippen LogP) is 1.95. The summed E-state index contributed by atoms with van der Waals surface area (Å²) >= 11 is 0. The largest absolute Gasteiger partial charge is 0.302 e. The van der Waals surface area contributed by atoms with E-state index in [1.165, 1.54) is 6.08 Å². The lowest BCUT2D eigenvalue weighted by atomic mass is 10.0. The van der Waals surface area contributed by atoms with E-state index in [1.807, 2.05) is 30.3 Å². The molecule has 1 amide bonds. The number of rotatable bonds is 4. The number of benzene rings is 1. The second kappa shape index (κ2) is 6.26. The van der Waals surface area contributed by atoms with E-state index in [-0.39, 0.29) is 11.7 Å². The number of nitrogens with zero attached hydrogens (tertiary/aromatic N) is 1. The van der Waals surface area contributed by atoms with Crippen molar-refractivity contribution >= 4 is 11.7 Å². The van der Waals surface area contributed by atoms with Gasteiger partial charge in [0.15, 0.2) is 5.78 Å². The van der Waals surface area contributed by atoms with Crippen molar-refractivity contribution in [2.24, 2.45) is 0 Å². The third-order valence-corrected chi connectivity index (χ3v) is 3.43. The van der Waals surface area contributed by atoms with E-state index in [2.05, 4.69) is 21.0 Å². The van der Waals surface area contributed by atoms with E-state index < -0.39 is 0 Å². The van der Waals surface area contributed by atoms with Crippen LogP contribution in [0.5, 0.6) is 0 Å². The number of allylic oxidation sites excluding steroid dienone is 2. The molecule has 3 N–H and O–H groups in total. The van der Waals surface area contributed by atoms with Gasteiger partial charge in [0.1, 0.15) is 5.69 Å².